The van der Waals surface area contributed by atoms with Gasteiger partial charge < -0.3 is 19.3 Å². The molecule has 0 radical (unpaired) electrons. The second-order valence-electron chi connectivity index (χ2n) is 1.82. The summed E-state index contributed by atoms with van der Waals surface area (Å²) >= 11 is 0. The van der Waals surface area contributed by atoms with Crippen molar-refractivity contribution in [2.75, 3.05) is 0 Å². The zero-order valence-electron chi connectivity index (χ0n) is 7.47. The minimum Gasteiger partial charge on any atom is -0.425 e. The van der Waals surface area contributed by atoms with Crippen molar-refractivity contribution in [1.82, 2.24) is 0 Å². The molecule has 62 valence electrons. The molecule has 11 heavy (non-hydrogen) atoms. The summed E-state index contributed by atoms with van der Waals surface area (Å²) in [5, 5.41) is 0. The Bertz CT molecular complexity index is 51.0. The summed E-state index contributed by atoms with van der Waals surface area (Å²) in [6.45, 7) is 5.72. The predicted octanol–water partition coefficient (Wildman–Crippen LogP) is -4.33. The summed E-state index contributed by atoms with van der Waals surface area (Å²) in [6, 6.07) is 0. The van der Waals surface area contributed by atoms with Crippen LogP contribution in [0.4, 0.5) is 0 Å². The van der Waals surface area contributed by atoms with Crippen LogP contribution in [0.1, 0.15) is 19.8 Å². The average Bonchev–Trinajstić information content (AvgIpc) is 2.08. The maximum absolute atomic E-state index is 4.94. The Balaban J connectivity index is 0. The molecule has 7 heteroatoms. The van der Waals surface area contributed by atoms with E-state index in [0.717, 1.165) is 6.42 Å². The quantitative estimate of drug-likeness (QED) is 0.318. The van der Waals surface area contributed by atoms with Gasteiger partial charge in [-0.1, -0.05) is 13.3 Å². The summed E-state index contributed by atoms with van der Waals surface area (Å²) in [4.78, 5) is 0. The fourth-order valence-electron chi connectivity index (χ4n) is 0.279. The molecule has 0 bridgehead atoms. The van der Waals surface area contributed by atoms with Crippen LogP contribution >= 0.6 is 0 Å². The van der Waals surface area contributed by atoms with Gasteiger partial charge in [0.1, 0.15) is 0 Å². The summed E-state index contributed by atoms with van der Waals surface area (Å²) in [5.41, 5.74) is 0. The normalized spacial score (nSPS) is 22.4. The van der Waals surface area contributed by atoms with Crippen molar-refractivity contribution < 1.29 is 31.2 Å². The van der Waals surface area contributed by atoms with Crippen molar-refractivity contribution in [3.05, 3.63) is 6.92 Å². The zero-order valence-corrected chi connectivity index (χ0v) is 11.7. The second-order valence-corrected chi connectivity index (χ2v) is 7.43. The molecule has 0 atom stereocenters. The molecule has 1 rings (SSSR count). The Morgan fingerprint density at radius 1 is 1.09 bits per heavy atom. The van der Waals surface area contributed by atoms with Gasteiger partial charge >= 0.3 is 18.9 Å². The van der Waals surface area contributed by atoms with Gasteiger partial charge in [0.05, 0.1) is 0 Å². The van der Waals surface area contributed by atoms with Gasteiger partial charge in [0, 0.05) is 0 Å². The van der Waals surface area contributed by atoms with Crippen LogP contribution in [0.25, 0.3) is 0 Å². The molecule has 0 aromatic heterocycles. The van der Waals surface area contributed by atoms with E-state index in [1.807, 2.05) is 0 Å². The summed E-state index contributed by atoms with van der Waals surface area (Å²) < 4.78 is 14.8. The number of unbranched alkanes of at least 4 members (excludes halogenated alkanes) is 1. The molecule has 1 aliphatic heterocycles. The van der Waals surface area contributed by atoms with E-state index < -0.39 is 30.0 Å². The van der Waals surface area contributed by atoms with Crippen LogP contribution in [-0.2, 0) is 12.3 Å². The van der Waals surface area contributed by atoms with Gasteiger partial charge in [-0.25, -0.2) is 0 Å². The van der Waals surface area contributed by atoms with E-state index in [-0.39, 0.29) is 18.9 Å². The fourth-order valence-corrected chi connectivity index (χ4v) is 5.69. The molecular formula is C4H15LiO3Si3. The molecule has 0 saturated carbocycles. The Hall–Kier alpha value is 1.13. The van der Waals surface area contributed by atoms with Crippen LogP contribution in [0.2, 0.25) is 0 Å². The Kier molecular flexibility index (Phi) is 18.2. The third kappa shape index (κ3) is 14.0. The first-order chi connectivity index (χ1) is 4.91. The van der Waals surface area contributed by atoms with Crippen LogP contribution in [0.15, 0.2) is 0 Å². The van der Waals surface area contributed by atoms with Crippen LogP contribution in [-0.4, -0.2) is 30.0 Å². The topological polar surface area (TPSA) is 27.7 Å². The minimum absolute atomic E-state index is 0. The zero-order chi connectivity index (χ0) is 7.66. The van der Waals surface area contributed by atoms with Crippen molar-refractivity contribution in [3.8, 4) is 0 Å². The van der Waals surface area contributed by atoms with E-state index in [0.29, 0.717) is 0 Å². The van der Waals surface area contributed by atoms with Crippen molar-refractivity contribution >= 4 is 30.0 Å². The third-order valence-corrected chi connectivity index (χ3v) is 4.85. The standard InChI is InChI=1S/C4H9.Li.H6O3Si3/c1-3-4-2;;1-4-2-6-3-5-1/h1,3-4H2,2H3;;4-6H2/q-1;+1;. The van der Waals surface area contributed by atoms with E-state index in [1.54, 1.807) is 0 Å². The molecule has 0 aromatic rings. The van der Waals surface area contributed by atoms with Crippen LogP contribution in [0.3, 0.4) is 0 Å². The predicted molar refractivity (Wildman–Crippen MR) is 49.2 cm³/mol. The molecule has 0 N–H and O–H groups in total. The molecule has 1 saturated heterocycles. The maximum Gasteiger partial charge on any atom is 1.00 e. The Morgan fingerprint density at radius 3 is 1.45 bits per heavy atom. The average molecular weight is 202 g/mol. The number of hydrogen-bond acceptors (Lipinski definition) is 3. The number of rotatable bonds is 1. The monoisotopic (exact) mass is 202 g/mol. The molecule has 0 aliphatic carbocycles. The molecule has 1 aliphatic rings. The maximum atomic E-state index is 4.94. The second kappa shape index (κ2) is 13.7. The van der Waals surface area contributed by atoms with E-state index in [2.05, 4.69) is 13.8 Å². The smallest absolute Gasteiger partial charge is 0.425 e. The first kappa shape index (κ1) is 14.6. The van der Waals surface area contributed by atoms with Gasteiger partial charge in [-0.2, -0.15) is 6.42 Å². The molecule has 0 spiro atoms. The third-order valence-electron chi connectivity index (χ3n) is 0.854. The van der Waals surface area contributed by atoms with Gasteiger partial charge in [-0.05, 0) is 0 Å². The first-order valence-corrected chi connectivity index (χ1v) is 6.90. The molecule has 1 heterocycles. The SMILES string of the molecule is O1[SiH2]O[SiH2]O[SiH2]1.[CH2-]CCC.[Li+]. The van der Waals surface area contributed by atoms with Crippen molar-refractivity contribution in [1.29, 1.82) is 0 Å². The van der Waals surface area contributed by atoms with Gasteiger partial charge in [0.25, 0.3) is 30.0 Å². The van der Waals surface area contributed by atoms with E-state index in [4.69, 9.17) is 12.3 Å². The summed E-state index contributed by atoms with van der Waals surface area (Å²) in [5.74, 6) is 0. The van der Waals surface area contributed by atoms with Gasteiger partial charge in [0.2, 0.25) is 0 Å². The van der Waals surface area contributed by atoms with Crippen LogP contribution in [0, 0.1) is 6.92 Å². The van der Waals surface area contributed by atoms with Crippen molar-refractivity contribution in [3.63, 3.8) is 0 Å². The summed E-state index contributed by atoms with van der Waals surface area (Å²) in [7, 11) is -1.48. The Morgan fingerprint density at radius 2 is 1.36 bits per heavy atom. The largest absolute Gasteiger partial charge is 1.00 e. The van der Waals surface area contributed by atoms with Gasteiger partial charge in [-0.15, -0.1) is 0 Å². The van der Waals surface area contributed by atoms with Crippen molar-refractivity contribution in [2.45, 2.75) is 19.8 Å². The molecule has 0 aromatic carbocycles. The molecule has 3 nitrogen and oxygen atoms in total. The van der Waals surface area contributed by atoms with Crippen LogP contribution in [0.5, 0.6) is 0 Å². The van der Waals surface area contributed by atoms with Gasteiger partial charge in [-0.3, -0.25) is 0 Å². The molecule has 0 unspecified atom stereocenters. The van der Waals surface area contributed by atoms with E-state index in [9.17, 15) is 0 Å². The number of hydrogen-bond donors (Lipinski definition) is 0. The van der Waals surface area contributed by atoms with Gasteiger partial charge in [0.15, 0.2) is 0 Å². The fraction of sp³-hybridized carbons (Fsp3) is 0.750. The molecule has 1 fully saturated rings. The summed E-state index contributed by atoms with van der Waals surface area (Å²) in [6.07, 6.45) is 2.28. The van der Waals surface area contributed by atoms with E-state index in [1.165, 1.54) is 6.42 Å². The molecular weight excluding hydrogens is 187 g/mol. The first-order valence-electron chi connectivity index (χ1n) is 3.44. The van der Waals surface area contributed by atoms with E-state index >= 15 is 0 Å². The van der Waals surface area contributed by atoms with Crippen molar-refractivity contribution in [2.24, 2.45) is 0 Å². The molecule has 0 amide bonds. The minimum atomic E-state index is -0.493. The Labute approximate surface area is 87.9 Å². The van der Waals surface area contributed by atoms with Crippen LogP contribution < -0.4 is 18.9 Å².